The van der Waals surface area contributed by atoms with Gasteiger partial charge in [0.1, 0.15) is 5.02 Å². The summed E-state index contributed by atoms with van der Waals surface area (Å²) in [5.41, 5.74) is -0.658. The van der Waals surface area contributed by atoms with Gasteiger partial charge in [0.25, 0.3) is 5.69 Å². The zero-order valence-corrected chi connectivity index (χ0v) is 12.3. The number of carbonyl (C=O) groups excluding carboxylic acids is 2. The van der Waals surface area contributed by atoms with Crippen molar-refractivity contribution in [2.45, 2.75) is 19.8 Å². The van der Waals surface area contributed by atoms with Crippen molar-refractivity contribution in [1.29, 1.82) is 0 Å². The second-order valence-electron chi connectivity index (χ2n) is 3.87. The molecule has 114 valence electrons. The van der Waals surface area contributed by atoms with Crippen LogP contribution in [0, 0.1) is 10.1 Å². The third-order valence-electron chi connectivity index (χ3n) is 2.56. The molecule has 0 radical (unpaired) electrons. The number of hydrogen-bond acceptors (Lipinski definition) is 6. The highest BCUT2D eigenvalue weighted by molar-refractivity contribution is 6.33. The topological polar surface area (TPSA) is 95.7 Å². The van der Waals surface area contributed by atoms with Crippen LogP contribution in [0.4, 0.5) is 5.69 Å². The van der Waals surface area contributed by atoms with Crippen molar-refractivity contribution >= 4 is 29.2 Å². The van der Waals surface area contributed by atoms with Gasteiger partial charge in [0.2, 0.25) is 0 Å². The zero-order valence-electron chi connectivity index (χ0n) is 11.5. The summed E-state index contributed by atoms with van der Waals surface area (Å²) in [5, 5.41) is 11.0. The maximum absolute atomic E-state index is 12.0. The fourth-order valence-electron chi connectivity index (χ4n) is 1.76. The van der Waals surface area contributed by atoms with E-state index in [4.69, 9.17) is 21.1 Å². The Morgan fingerprint density at radius 3 is 2.19 bits per heavy atom. The smallest absolute Gasteiger partial charge is 0.325 e. The van der Waals surface area contributed by atoms with Gasteiger partial charge in [0, 0.05) is 0 Å². The van der Waals surface area contributed by atoms with Crippen LogP contribution >= 0.6 is 11.6 Å². The Morgan fingerprint density at radius 2 is 1.76 bits per heavy atom. The summed E-state index contributed by atoms with van der Waals surface area (Å²) in [6, 6.07) is 4.00. The number of hydrogen-bond donors (Lipinski definition) is 0. The van der Waals surface area contributed by atoms with Crippen LogP contribution < -0.4 is 0 Å². The fraction of sp³-hybridized carbons (Fsp3) is 0.385. The van der Waals surface area contributed by atoms with E-state index < -0.39 is 28.5 Å². The number of benzene rings is 1. The van der Waals surface area contributed by atoms with Crippen molar-refractivity contribution in [1.82, 2.24) is 0 Å². The average Bonchev–Trinajstić information content (AvgIpc) is 2.39. The van der Waals surface area contributed by atoms with Crippen LogP contribution in [-0.2, 0) is 19.1 Å². The van der Waals surface area contributed by atoms with E-state index in [1.165, 1.54) is 18.2 Å². The molecule has 0 amide bonds. The van der Waals surface area contributed by atoms with Gasteiger partial charge in [0.05, 0.1) is 23.7 Å². The number of nitro groups is 1. The van der Waals surface area contributed by atoms with Crippen LogP contribution in [0.25, 0.3) is 0 Å². The van der Waals surface area contributed by atoms with Gasteiger partial charge in [0.15, 0.2) is 5.92 Å². The predicted octanol–water partition coefficient (Wildman–Crippen LogP) is 2.46. The highest BCUT2D eigenvalue weighted by atomic mass is 35.5. The number of nitro benzene ring substituents is 1. The third-order valence-corrected chi connectivity index (χ3v) is 2.86. The lowest BCUT2D eigenvalue weighted by atomic mass is 9.97. The molecule has 1 aromatic rings. The van der Waals surface area contributed by atoms with Gasteiger partial charge in [-0.1, -0.05) is 23.7 Å². The molecule has 0 saturated heterocycles. The predicted molar refractivity (Wildman–Crippen MR) is 74.1 cm³/mol. The van der Waals surface area contributed by atoms with Crippen molar-refractivity contribution in [3.05, 3.63) is 38.9 Å². The van der Waals surface area contributed by atoms with Crippen molar-refractivity contribution in [3.63, 3.8) is 0 Å². The molecule has 7 nitrogen and oxygen atoms in total. The standard InChI is InChI=1S/C13H14ClNO6/c1-3-20-12(16)10(13(17)21-4-2)8-6-5-7-9(14)11(8)15(18)19/h5-7,10H,3-4H2,1-2H3. The number of nitrogens with zero attached hydrogens (tertiary/aromatic N) is 1. The van der Waals surface area contributed by atoms with E-state index in [1.54, 1.807) is 13.8 Å². The quantitative estimate of drug-likeness (QED) is 0.346. The largest absolute Gasteiger partial charge is 0.465 e. The summed E-state index contributed by atoms with van der Waals surface area (Å²) in [4.78, 5) is 34.3. The Kier molecular flexibility index (Phi) is 6.10. The summed E-state index contributed by atoms with van der Waals surface area (Å²) < 4.78 is 9.59. The minimum atomic E-state index is -1.54. The first kappa shape index (κ1) is 16.9. The van der Waals surface area contributed by atoms with Crippen LogP contribution in [-0.4, -0.2) is 30.1 Å². The summed E-state index contributed by atoms with van der Waals surface area (Å²) in [6.45, 7) is 3.19. The monoisotopic (exact) mass is 315 g/mol. The molecule has 21 heavy (non-hydrogen) atoms. The summed E-state index contributed by atoms with van der Waals surface area (Å²) in [7, 11) is 0. The molecular formula is C13H14ClNO6. The highest BCUT2D eigenvalue weighted by Gasteiger charge is 2.37. The number of ether oxygens (including phenoxy) is 2. The Bertz CT molecular complexity index is 542. The van der Waals surface area contributed by atoms with Crippen LogP contribution in [0.5, 0.6) is 0 Å². The molecule has 0 atom stereocenters. The van der Waals surface area contributed by atoms with Gasteiger partial charge in [-0.3, -0.25) is 19.7 Å². The molecule has 0 aliphatic heterocycles. The molecule has 0 bridgehead atoms. The second kappa shape index (κ2) is 7.58. The fourth-order valence-corrected chi connectivity index (χ4v) is 2.01. The van der Waals surface area contributed by atoms with E-state index in [0.717, 1.165) is 0 Å². The van der Waals surface area contributed by atoms with Crippen molar-refractivity contribution in [2.75, 3.05) is 13.2 Å². The molecule has 0 unspecified atom stereocenters. The number of rotatable bonds is 6. The Labute approximate surface area is 125 Å². The summed E-state index contributed by atoms with van der Waals surface area (Å²) in [6.07, 6.45) is 0. The van der Waals surface area contributed by atoms with Crippen molar-refractivity contribution in [3.8, 4) is 0 Å². The molecule has 1 rings (SSSR count). The highest BCUT2D eigenvalue weighted by Crippen LogP contribution is 2.34. The third kappa shape index (κ3) is 3.91. The Morgan fingerprint density at radius 1 is 1.24 bits per heavy atom. The first-order valence-corrected chi connectivity index (χ1v) is 6.57. The Balaban J connectivity index is 3.39. The minimum absolute atomic E-state index is 0.0309. The molecule has 0 saturated carbocycles. The summed E-state index contributed by atoms with van der Waals surface area (Å²) in [5.74, 6) is -3.37. The van der Waals surface area contributed by atoms with E-state index in [0.29, 0.717) is 0 Å². The van der Waals surface area contributed by atoms with Crippen molar-refractivity contribution < 1.29 is 24.0 Å². The van der Waals surface area contributed by atoms with Gasteiger partial charge in [-0.15, -0.1) is 0 Å². The molecule has 0 heterocycles. The SMILES string of the molecule is CCOC(=O)C(C(=O)OCC)c1cccc(Cl)c1[N+](=O)[O-]. The molecule has 0 N–H and O–H groups in total. The normalized spacial score (nSPS) is 10.3. The van der Waals surface area contributed by atoms with E-state index in [2.05, 4.69) is 0 Å². The molecule has 0 aliphatic rings. The van der Waals surface area contributed by atoms with Crippen LogP contribution in [0.1, 0.15) is 25.3 Å². The first-order valence-electron chi connectivity index (χ1n) is 6.20. The maximum atomic E-state index is 12.0. The number of para-hydroxylation sites is 1. The van der Waals surface area contributed by atoms with Crippen molar-refractivity contribution in [2.24, 2.45) is 0 Å². The molecule has 1 aromatic carbocycles. The maximum Gasteiger partial charge on any atom is 0.325 e. The Hall–Kier alpha value is -2.15. The van der Waals surface area contributed by atoms with Crippen LogP contribution in [0.15, 0.2) is 18.2 Å². The molecule has 8 heteroatoms. The number of esters is 2. The number of carbonyl (C=O) groups is 2. The van der Waals surface area contributed by atoms with Gasteiger partial charge in [-0.2, -0.15) is 0 Å². The van der Waals surface area contributed by atoms with E-state index in [-0.39, 0.29) is 23.8 Å². The molecule has 0 aromatic heterocycles. The second-order valence-corrected chi connectivity index (χ2v) is 4.28. The van der Waals surface area contributed by atoms with E-state index >= 15 is 0 Å². The number of halogens is 1. The lowest BCUT2D eigenvalue weighted by molar-refractivity contribution is -0.385. The van der Waals surface area contributed by atoms with Gasteiger partial charge >= 0.3 is 11.9 Å². The minimum Gasteiger partial charge on any atom is -0.465 e. The van der Waals surface area contributed by atoms with Gasteiger partial charge in [-0.05, 0) is 19.9 Å². The lowest BCUT2D eigenvalue weighted by Crippen LogP contribution is -2.27. The average molecular weight is 316 g/mol. The van der Waals surface area contributed by atoms with Crippen LogP contribution in [0.3, 0.4) is 0 Å². The molecule has 0 aliphatic carbocycles. The zero-order chi connectivity index (χ0) is 16.0. The van der Waals surface area contributed by atoms with E-state index in [9.17, 15) is 19.7 Å². The van der Waals surface area contributed by atoms with Gasteiger partial charge < -0.3 is 9.47 Å². The van der Waals surface area contributed by atoms with E-state index in [1.807, 2.05) is 0 Å². The molecule has 0 fully saturated rings. The molecule has 0 spiro atoms. The summed E-state index contributed by atoms with van der Waals surface area (Å²) >= 11 is 5.79. The first-order chi connectivity index (χ1) is 9.93. The van der Waals surface area contributed by atoms with Crippen LogP contribution in [0.2, 0.25) is 5.02 Å². The molecular weight excluding hydrogens is 302 g/mol. The van der Waals surface area contributed by atoms with Gasteiger partial charge in [-0.25, -0.2) is 0 Å². The lowest BCUT2D eigenvalue weighted by Gasteiger charge is -2.15.